The van der Waals surface area contributed by atoms with Gasteiger partial charge >= 0.3 is 0 Å². The molecule has 0 spiro atoms. The highest BCUT2D eigenvalue weighted by molar-refractivity contribution is 6.05. The molecule has 2 amide bonds. The fourth-order valence-corrected chi connectivity index (χ4v) is 3.69. The Morgan fingerprint density at radius 1 is 1.09 bits per heavy atom. The number of aryl methyl sites for hydroxylation is 2. The lowest BCUT2D eigenvalue weighted by Gasteiger charge is -2.13. The van der Waals surface area contributed by atoms with Crippen molar-refractivity contribution in [2.45, 2.75) is 25.8 Å². The van der Waals surface area contributed by atoms with Crippen LogP contribution in [0.3, 0.4) is 0 Å². The number of fused-ring (bicyclic) bond motifs is 1. The molecule has 0 saturated heterocycles. The summed E-state index contributed by atoms with van der Waals surface area (Å²) in [4.78, 5) is 24.8. The zero-order valence-corrected chi connectivity index (χ0v) is 18.3. The van der Waals surface area contributed by atoms with Gasteiger partial charge in [-0.3, -0.25) is 19.4 Å². The van der Waals surface area contributed by atoms with Gasteiger partial charge in [-0.25, -0.2) is 0 Å². The molecule has 0 saturated carbocycles. The minimum Gasteiger partial charge on any atom is -0.354 e. The van der Waals surface area contributed by atoms with Crippen LogP contribution in [-0.4, -0.2) is 44.9 Å². The zero-order chi connectivity index (χ0) is 22.7. The second-order valence-electron chi connectivity index (χ2n) is 7.85. The maximum absolute atomic E-state index is 12.8. The van der Waals surface area contributed by atoms with E-state index in [1.807, 2.05) is 43.3 Å². The topological polar surface area (TPSA) is 105 Å². The van der Waals surface area contributed by atoms with E-state index in [0.29, 0.717) is 17.1 Å². The average Bonchev–Trinajstić information content (AvgIpc) is 3.41. The molecule has 2 aromatic heterocycles. The minimum atomic E-state index is -0.248. The number of benzene rings is 2. The van der Waals surface area contributed by atoms with Crippen molar-refractivity contribution in [3.63, 3.8) is 0 Å². The van der Waals surface area contributed by atoms with E-state index in [2.05, 4.69) is 38.1 Å². The molecule has 2 heterocycles. The first-order valence-corrected chi connectivity index (χ1v) is 10.6. The molecule has 2 aromatic carbocycles. The Bertz CT molecular complexity index is 1260. The average molecular weight is 431 g/mol. The van der Waals surface area contributed by atoms with Crippen molar-refractivity contribution in [3.8, 4) is 11.3 Å². The molecule has 0 aliphatic carbocycles. The second-order valence-corrected chi connectivity index (χ2v) is 7.85. The number of rotatable bonds is 7. The summed E-state index contributed by atoms with van der Waals surface area (Å²) in [7, 11) is 3.33. The maximum Gasteiger partial charge on any atom is 0.272 e. The Kier molecular flexibility index (Phi) is 6.02. The van der Waals surface area contributed by atoms with Crippen molar-refractivity contribution < 1.29 is 9.59 Å². The smallest absolute Gasteiger partial charge is 0.272 e. The van der Waals surface area contributed by atoms with Crippen molar-refractivity contribution in [2.24, 2.45) is 7.05 Å². The van der Waals surface area contributed by atoms with Crippen LogP contribution in [0, 0.1) is 0 Å². The highest BCUT2D eigenvalue weighted by Crippen LogP contribution is 2.25. The van der Waals surface area contributed by atoms with E-state index in [0.717, 1.165) is 29.3 Å². The van der Waals surface area contributed by atoms with Gasteiger partial charge in [-0.1, -0.05) is 36.4 Å². The SMILES string of the molecule is CNC(=O)c1n[nH]c2cc(-c3cc(C(=O)NC(C)CCc4ccccc4)n(C)n3)ccc12. The van der Waals surface area contributed by atoms with Crippen LogP contribution in [-0.2, 0) is 13.5 Å². The van der Waals surface area contributed by atoms with Gasteiger partial charge in [0.1, 0.15) is 5.69 Å². The molecule has 4 aromatic rings. The van der Waals surface area contributed by atoms with Crippen LogP contribution in [0.1, 0.15) is 39.9 Å². The molecule has 0 fully saturated rings. The first kappa shape index (κ1) is 21.3. The van der Waals surface area contributed by atoms with Crippen LogP contribution in [0.5, 0.6) is 0 Å². The second kappa shape index (κ2) is 9.05. The summed E-state index contributed by atoms with van der Waals surface area (Å²) < 4.78 is 1.59. The first-order valence-electron chi connectivity index (χ1n) is 10.6. The largest absolute Gasteiger partial charge is 0.354 e. The number of aromatic nitrogens is 4. The fourth-order valence-electron chi connectivity index (χ4n) is 3.69. The number of aromatic amines is 1. The zero-order valence-electron chi connectivity index (χ0n) is 18.3. The molecule has 1 atom stereocenters. The van der Waals surface area contributed by atoms with Crippen LogP contribution >= 0.6 is 0 Å². The summed E-state index contributed by atoms with van der Waals surface area (Å²) in [6.45, 7) is 2.01. The Labute approximate surface area is 186 Å². The number of nitrogens with one attached hydrogen (secondary N) is 3. The first-order chi connectivity index (χ1) is 15.5. The predicted molar refractivity (Wildman–Crippen MR) is 123 cm³/mol. The van der Waals surface area contributed by atoms with Crippen molar-refractivity contribution in [1.82, 2.24) is 30.6 Å². The monoisotopic (exact) mass is 430 g/mol. The van der Waals surface area contributed by atoms with Gasteiger partial charge in [-0.2, -0.15) is 10.2 Å². The van der Waals surface area contributed by atoms with Crippen molar-refractivity contribution in [1.29, 1.82) is 0 Å². The number of amides is 2. The van der Waals surface area contributed by atoms with Crippen LogP contribution in [0.15, 0.2) is 54.6 Å². The normalized spacial score (nSPS) is 12.0. The highest BCUT2D eigenvalue weighted by Gasteiger charge is 2.18. The van der Waals surface area contributed by atoms with E-state index in [1.165, 1.54) is 5.56 Å². The van der Waals surface area contributed by atoms with E-state index >= 15 is 0 Å². The Hall–Kier alpha value is -3.94. The quantitative estimate of drug-likeness (QED) is 0.419. The van der Waals surface area contributed by atoms with E-state index in [9.17, 15) is 9.59 Å². The molecule has 8 heteroatoms. The van der Waals surface area contributed by atoms with E-state index in [1.54, 1.807) is 24.8 Å². The summed E-state index contributed by atoms with van der Waals surface area (Å²) in [6, 6.07) is 17.6. The number of hydrogen-bond acceptors (Lipinski definition) is 4. The molecule has 8 nitrogen and oxygen atoms in total. The van der Waals surface area contributed by atoms with Gasteiger partial charge < -0.3 is 10.6 Å². The molecule has 4 rings (SSSR count). The Morgan fingerprint density at radius 3 is 2.62 bits per heavy atom. The third-order valence-corrected chi connectivity index (χ3v) is 5.50. The van der Waals surface area contributed by atoms with E-state index in [-0.39, 0.29) is 17.9 Å². The molecule has 0 radical (unpaired) electrons. The molecule has 0 aliphatic rings. The number of hydrogen-bond donors (Lipinski definition) is 3. The number of nitrogens with zero attached hydrogens (tertiary/aromatic N) is 3. The highest BCUT2D eigenvalue weighted by atomic mass is 16.2. The number of H-pyrrole nitrogens is 1. The molecule has 0 bridgehead atoms. The number of carbonyl (C=O) groups is 2. The lowest BCUT2D eigenvalue weighted by molar-refractivity contribution is 0.0927. The van der Waals surface area contributed by atoms with Gasteiger partial charge in [0, 0.05) is 31.1 Å². The van der Waals surface area contributed by atoms with Crippen molar-refractivity contribution in [3.05, 3.63) is 71.5 Å². The summed E-state index contributed by atoms with van der Waals surface area (Å²) in [5.74, 6) is -0.404. The van der Waals surface area contributed by atoms with Crippen LogP contribution < -0.4 is 10.6 Å². The summed E-state index contributed by atoms with van der Waals surface area (Å²) in [6.07, 6.45) is 1.76. The molecule has 32 heavy (non-hydrogen) atoms. The number of carbonyl (C=O) groups excluding carboxylic acids is 2. The summed E-state index contributed by atoms with van der Waals surface area (Å²) >= 11 is 0. The van der Waals surface area contributed by atoms with Crippen LogP contribution in [0.25, 0.3) is 22.2 Å². The van der Waals surface area contributed by atoms with Gasteiger partial charge in [0.2, 0.25) is 0 Å². The van der Waals surface area contributed by atoms with Gasteiger partial charge in [-0.15, -0.1) is 0 Å². The van der Waals surface area contributed by atoms with Gasteiger partial charge in [-0.05, 0) is 43.5 Å². The molecule has 0 aliphatic heterocycles. The lowest BCUT2D eigenvalue weighted by Crippen LogP contribution is -2.34. The van der Waals surface area contributed by atoms with Crippen LogP contribution in [0.4, 0.5) is 0 Å². The maximum atomic E-state index is 12.8. The van der Waals surface area contributed by atoms with Crippen molar-refractivity contribution in [2.75, 3.05) is 7.05 Å². The van der Waals surface area contributed by atoms with Gasteiger partial charge in [0.05, 0.1) is 11.2 Å². The third kappa shape index (κ3) is 4.39. The van der Waals surface area contributed by atoms with E-state index in [4.69, 9.17) is 0 Å². The molecule has 3 N–H and O–H groups in total. The predicted octanol–water partition coefficient (Wildman–Crippen LogP) is 3.07. The molecular formula is C24H26N6O2. The van der Waals surface area contributed by atoms with Gasteiger partial charge in [0.15, 0.2) is 5.69 Å². The van der Waals surface area contributed by atoms with E-state index < -0.39 is 0 Å². The standard InChI is InChI=1S/C24H26N6O2/c1-15(9-10-16-7-5-4-6-8-16)26-23(31)21-14-19(29-30(21)3)17-11-12-18-20(13-17)27-28-22(18)24(32)25-2/h4-8,11-15H,9-10H2,1-3H3,(H,25,32)(H,26,31)(H,27,28). The Morgan fingerprint density at radius 2 is 1.88 bits per heavy atom. The van der Waals surface area contributed by atoms with Crippen molar-refractivity contribution >= 4 is 22.7 Å². The third-order valence-electron chi connectivity index (χ3n) is 5.50. The molecule has 164 valence electrons. The van der Waals surface area contributed by atoms with Crippen LogP contribution in [0.2, 0.25) is 0 Å². The lowest BCUT2D eigenvalue weighted by atomic mass is 10.1. The molecule has 1 unspecified atom stereocenters. The summed E-state index contributed by atoms with van der Waals surface area (Å²) in [5, 5.41) is 17.9. The summed E-state index contributed by atoms with van der Waals surface area (Å²) in [5.41, 5.74) is 4.32. The molecular weight excluding hydrogens is 404 g/mol. The fraction of sp³-hybridized carbons (Fsp3) is 0.250. The van der Waals surface area contributed by atoms with Gasteiger partial charge in [0.25, 0.3) is 11.8 Å². The Balaban J connectivity index is 1.47. The minimum absolute atomic E-state index is 0.0329.